The minimum Gasteiger partial charge on any atom is -0.508 e. The van der Waals surface area contributed by atoms with Gasteiger partial charge in [-0.25, -0.2) is 9.97 Å². The van der Waals surface area contributed by atoms with Gasteiger partial charge in [0.05, 0.1) is 5.52 Å². The van der Waals surface area contributed by atoms with Crippen molar-refractivity contribution >= 4 is 10.9 Å². The summed E-state index contributed by atoms with van der Waals surface area (Å²) in [6, 6.07) is 5.13. The van der Waals surface area contributed by atoms with Crippen molar-refractivity contribution in [1.29, 1.82) is 0 Å². The molecule has 2 rings (SSSR count). The number of nitrogens with zero attached hydrogens (tertiary/aromatic N) is 2. The van der Waals surface area contributed by atoms with Crippen LogP contribution in [0.4, 0.5) is 0 Å². The van der Waals surface area contributed by atoms with Crippen molar-refractivity contribution in [3.8, 4) is 5.75 Å². The highest BCUT2D eigenvalue weighted by atomic mass is 16.3. The van der Waals surface area contributed by atoms with Gasteiger partial charge >= 0.3 is 0 Å². The van der Waals surface area contributed by atoms with Crippen LogP contribution in [-0.2, 0) is 0 Å². The van der Waals surface area contributed by atoms with E-state index in [1.807, 2.05) is 19.9 Å². The second-order valence-electron chi connectivity index (χ2n) is 3.06. The molecule has 0 aliphatic carbocycles. The average molecular weight is 174 g/mol. The van der Waals surface area contributed by atoms with Gasteiger partial charge in [-0.1, -0.05) is 0 Å². The Balaban J connectivity index is 2.86. The fourth-order valence-electron chi connectivity index (χ4n) is 1.42. The number of rotatable bonds is 0. The van der Waals surface area contributed by atoms with Gasteiger partial charge in [-0.2, -0.15) is 0 Å². The van der Waals surface area contributed by atoms with Crippen LogP contribution < -0.4 is 0 Å². The van der Waals surface area contributed by atoms with Gasteiger partial charge in [-0.05, 0) is 26.0 Å². The normalized spacial score (nSPS) is 10.6. The van der Waals surface area contributed by atoms with E-state index in [9.17, 15) is 5.11 Å². The zero-order chi connectivity index (χ0) is 9.42. The van der Waals surface area contributed by atoms with Crippen LogP contribution in [0, 0.1) is 13.8 Å². The van der Waals surface area contributed by atoms with Crippen LogP contribution in [0.25, 0.3) is 10.9 Å². The molecule has 66 valence electrons. The summed E-state index contributed by atoms with van der Waals surface area (Å²) in [6.07, 6.45) is 0. The van der Waals surface area contributed by atoms with E-state index in [0.29, 0.717) is 0 Å². The zero-order valence-electron chi connectivity index (χ0n) is 7.57. The van der Waals surface area contributed by atoms with Crippen LogP contribution in [0.2, 0.25) is 0 Å². The molecule has 0 fully saturated rings. The van der Waals surface area contributed by atoms with Crippen LogP contribution in [0.15, 0.2) is 18.2 Å². The highest BCUT2D eigenvalue weighted by Crippen LogP contribution is 2.19. The number of hydrogen-bond acceptors (Lipinski definition) is 3. The van der Waals surface area contributed by atoms with E-state index < -0.39 is 0 Å². The van der Waals surface area contributed by atoms with Gasteiger partial charge in [-0.15, -0.1) is 0 Å². The Hall–Kier alpha value is -1.64. The van der Waals surface area contributed by atoms with E-state index in [4.69, 9.17) is 0 Å². The number of aromatic nitrogens is 2. The number of aryl methyl sites for hydroxylation is 2. The van der Waals surface area contributed by atoms with E-state index in [1.165, 1.54) is 0 Å². The first-order chi connectivity index (χ1) is 6.16. The number of hydrogen-bond donors (Lipinski definition) is 1. The predicted molar refractivity (Wildman–Crippen MR) is 50.7 cm³/mol. The molecule has 0 radical (unpaired) electrons. The monoisotopic (exact) mass is 174 g/mol. The fraction of sp³-hybridized carbons (Fsp3) is 0.200. The Bertz CT molecular complexity index is 460. The van der Waals surface area contributed by atoms with Crippen molar-refractivity contribution in [2.45, 2.75) is 13.8 Å². The Kier molecular flexibility index (Phi) is 1.65. The van der Waals surface area contributed by atoms with Gasteiger partial charge in [0.1, 0.15) is 11.6 Å². The molecule has 13 heavy (non-hydrogen) atoms. The van der Waals surface area contributed by atoms with E-state index in [1.54, 1.807) is 12.1 Å². The zero-order valence-corrected chi connectivity index (χ0v) is 7.57. The Morgan fingerprint density at radius 3 is 2.69 bits per heavy atom. The molecular weight excluding hydrogens is 164 g/mol. The van der Waals surface area contributed by atoms with E-state index in [-0.39, 0.29) is 5.75 Å². The summed E-state index contributed by atoms with van der Waals surface area (Å²) < 4.78 is 0. The molecule has 2 aromatic rings. The first kappa shape index (κ1) is 7.98. The molecule has 3 heteroatoms. The molecule has 1 heterocycles. The second-order valence-corrected chi connectivity index (χ2v) is 3.06. The molecule has 1 aromatic heterocycles. The predicted octanol–water partition coefficient (Wildman–Crippen LogP) is 1.95. The van der Waals surface area contributed by atoms with Crippen LogP contribution in [-0.4, -0.2) is 15.1 Å². The third-order valence-corrected chi connectivity index (χ3v) is 1.98. The first-order valence-electron chi connectivity index (χ1n) is 4.11. The van der Waals surface area contributed by atoms with E-state index >= 15 is 0 Å². The Morgan fingerprint density at radius 2 is 1.92 bits per heavy atom. The van der Waals surface area contributed by atoms with Gasteiger partial charge in [0.2, 0.25) is 0 Å². The molecule has 0 aliphatic heterocycles. The highest BCUT2D eigenvalue weighted by molar-refractivity contribution is 5.81. The van der Waals surface area contributed by atoms with Crippen molar-refractivity contribution in [3.05, 3.63) is 29.7 Å². The summed E-state index contributed by atoms with van der Waals surface area (Å²) >= 11 is 0. The topological polar surface area (TPSA) is 46.0 Å². The summed E-state index contributed by atoms with van der Waals surface area (Å²) in [4.78, 5) is 8.46. The minimum absolute atomic E-state index is 0.241. The smallest absolute Gasteiger partial charge is 0.126 e. The molecule has 1 aromatic carbocycles. The summed E-state index contributed by atoms with van der Waals surface area (Å²) in [7, 11) is 0. The number of benzene rings is 1. The molecule has 0 unspecified atom stereocenters. The van der Waals surface area contributed by atoms with E-state index in [0.717, 1.165) is 22.4 Å². The van der Waals surface area contributed by atoms with Gasteiger partial charge in [0.15, 0.2) is 0 Å². The second kappa shape index (κ2) is 2.69. The number of phenols is 1. The molecule has 0 saturated carbocycles. The third kappa shape index (κ3) is 1.33. The fourth-order valence-corrected chi connectivity index (χ4v) is 1.42. The van der Waals surface area contributed by atoms with Gasteiger partial charge in [0, 0.05) is 17.1 Å². The SMILES string of the molecule is Cc1nc(C)c2ccc(O)cc2n1. The van der Waals surface area contributed by atoms with Crippen molar-refractivity contribution < 1.29 is 5.11 Å². The van der Waals surface area contributed by atoms with Crippen LogP contribution in [0.5, 0.6) is 5.75 Å². The van der Waals surface area contributed by atoms with Crippen LogP contribution >= 0.6 is 0 Å². The summed E-state index contributed by atoms with van der Waals surface area (Å²) in [6.45, 7) is 3.78. The largest absolute Gasteiger partial charge is 0.508 e. The van der Waals surface area contributed by atoms with Crippen molar-refractivity contribution in [1.82, 2.24) is 9.97 Å². The molecule has 0 bridgehead atoms. The van der Waals surface area contributed by atoms with Gasteiger partial charge in [-0.3, -0.25) is 0 Å². The molecule has 1 N–H and O–H groups in total. The molecule has 3 nitrogen and oxygen atoms in total. The lowest BCUT2D eigenvalue weighted by Crippen LogP contribution is -1.92. The third-order valence-electron chi connectivity index (χ3n) is 1.98. The summed E-state index contributed by atoms with van der Waals surface area (Å²) in [5.74, 6) is 0.973. The van der Waals surface area contributed by atoms with Crippen molar-refractivity contribution in [2.75, 3.05) is 0 Å². The van der Waals surface area contributed by atoms with E-state index in [2.05, 4.69) is 9.97 Å². The van der Waals surface area contributed by atoms with Crippen molar-refractivity contribution in [2.24, 2.45) is 0 Å². The number of phenolic OH excluding ortho intramolecular Hbond substituents is 1. The standard InChI is InChI=1S/C10H10N2O/c1-6-9-4-3-8(13)5-10(9)12-7(2)11-6/h3-5,13H,1-2H3. The molecular formula is C10H10N2O. The number of fused-ring (bicyclic) bond motifs is 1. The summed E-state index contributed by atoms with van der Waals surface area (Å²) in [5.41, 5.74) is 1.74. The Labute approximate surface area is 76.1 Å². The lowest BCUT2D eigenvalue weighted by Gasteiger charge is -2.02. The molecule has 0 amide bonds. The molecule has 0 atom stereocenters. The van der Waals surface area contributed by atoms with Crippen LogP contribution in [0.3, 0.4) is 0 Å². The molecule has 0 saturated heterocycles. The number of aromatic hydroxyl groups is 1. The quantitative estimate of drug-likeness (QED) is 0.664. The Morgan fingerprint density at radius 1 is 1.15 bits per heavy atom. The maximum Gasteiger partial charge on any atom is 0.126 e. The van der Waals surface area contributed by atoms with Crippen LogP contribution in [0.1, 0.15) is 11.5 Å². The van der Waals surface area contributed by atoms with Gasteiger partial charge < -0.3 is 5.11 Å². The lowest BCUT2D eigenvalue weighted by molar-refractivity contribution is 0.476. The van der Waals surface area contributed by atoms with Gasteiger partial charge in [0.25, 0.3) is 0 Å². The summed E-state index contributed by atoms with van der Waals surface area (Å²) in [5, 5.41) is 10.2. The minimum atomic E-state index is 0.241. The lowest BCUT2D eigenvalue weighted by atomic mass is 10.2. The first-order valence-corrected chi connectivity index (χ1v) is 4.11. The highest BCUT2D eigenvalue weighted by Gasteiger charge is 2.01. The van der Waals surface area contributed by atoms with Crippen molar-refractivity contribution in [3.63, 3.8) is 0 Å². The molecule has 0 spiro atoms. The maximum absolute atomic E-state index is 9.25. The average Bonchev–Trinajstić information content (AvgIpc) is 2.02. The maximum atomic E-state index is 9.25. The molecule has 0 aliphatic rings.